The minimum Gasteiger partial charge on any atom is -0.508 e. The third-order valence-corrected chi connectivity index (χ3v) is 4.78. The van der Waals surface area contributed by atoms with Gasteiger partial charge in [-0.25, -0.2) is 4.79 Å². The third-order valence-electron chi connectivity index (χ3n) is 4.78. The summed E-state index contributed by atoms with van der Waals surface area (Å²) >= 11 is 0. The average Bonchev–Trinajstić information content (AvgIpc) is 2.74. The first-order valence-corrected chi connectivity index (χ1v) is 11.2. The second-order valence-corrected chi connectivity index (χ2v) is 9.15. The molecule has 0 spiro atoms. The number of carbonyl (C=O) groups excluding carboxylic acids is 4. The molecule has 0 aliphatic carbocycles. The number of phenolic OH excluding ortho intramolecular Hbond substituents is 1. The maximum Gasteiger partial charge on any atom is 0.408 e. The van der Waals surface area contributed by atoms with Crippen LogP contribution in [0.1, 0.15) is 59.6 Å². The number of nitrogens with zero attached hydrogens (tertiary/aromatic N) is 1. The number of esters is 1. The zero-order valence-corrected chi connectivity index (χ0v) is 21.0. The number of methoxy groups -OCH3 is 1. The fourth-order valence-corrected chi connectivity index (χ4v) is 3.23. The number of aromatic hydroxyl groups is 1. The van der Waals surface area contributed by atoms with Crippen molar-refractivity contribution in [3.63, 3.8) is 0 Å². The van der Waals surface area contributed by atoms with Crippen LogP contribution in [0.3, 0.4) is 0 Å². The van der Waals surface area contributed by atoms with Crippen molar-refractivity contribution in [3.05, 3.63) is 29.8 Å². The summed E-state index contributed by atoms with van der Waals surface area (Å²) in [5, 5.41) is 15.5. The summed E-state index contributed by atoms with van der Waals surface area (Å²) < 4.78 is 9.88. The molecule has 1 rings (SSSR count). The van der Waals surface area contributed by atoms with Gasteiger partial charge in [0.25, 0.3) is 0 Å². The van der Waals surface area contributed by atoms with E-state index in [9.17, 15) is 24.3 Å². The van der Waals surface area contributed by atoms with Crippen LogP contribution in [0, 0.1) is 5.92 Å². The van der Waals surface area contributed by atoms with Gasteiger partial charge in [0.2, 0.25) is 11.8 Å². The summed E-state index contributed by atoms with van der Waals surface area (Å²) in [5.74, 6) is -2.37. The number of rotatable bonds is 10. The van der Waals surface area contributed by atoms with Gasteiger partial charge in [-0.15, -0.1) is 0 Å². The number of amides is 3. The lowest BCUT2D eigenvalue weighted by Crippen LogP contribution is -2.55. The topological polar surface area (TPSA) is 134 Å². The molecule has 0 saturated heterocycles. The lowest BCUT2D eigenvalue weighted by atomic mass is 9.98. The van der Waals surface area contributed by atoms with Gasteiger partial charge in [-0.3, -0.25) is 14.4 Å². The third kappa shape index (κ3) is 8.57. The van der Waals surface area contributed by atoms with E-state index in [0.717, 1.165) is 0 Å². The number of carbonyl (C=O) groups is 4. The quantitative estimate of drug-likeness (QED) is 0.439. The lowest BCUT2D eigenvalue weighted by molar-refractivity contribution is -0.145. The van der Waals surface area contributed by atoms with E-state index in [0.29, 0.717) is 6.42 Å². The molecule has 190 valence electrons. The first-order valence-electron chi connectivity index (χ1n) is 11.2. The monoisotopic (exact) mass is 479 g/mol. The maximum atomic E-state index is 13.7. The summed E-state index contributed by atoms with van der Waals surface area (Å²) in [6.07, 6.45) is -0.262. The van der Waals surface area contributed by atoms with E-state index in [1.807, 2.05) is 6.92 Å². The Morgan fingerprint density at radius 1 is 1.12 bits per heavy atom. The van der Waals surface area contributed by atoms with Crippen LogP contribution < -0.4 is 10.6 Å². The molecule has 1 aromatic rings. The largest absolute Gasteiger partial charge is 0.508 e. The van der Waals surface area contributed by atoms with Crippen molar-refractivity contribution in [2.24, 2.45) is 5.92 Å². The average molecular weight is 480 g/mol. The number of benzene rings is 1. The molecule has 0 radical (unpaired) electrons. The molecule has 1 aromatic carbocycles. The molecular weight excluding hydrogens is 442 g/mol. The summed E-state index contributed by atoms with van der Waals surface area (Å²) in [6.45, 7) is 10.2. The van der Waals surface area contributed by atoms with Crippen LogP contribution in [-0.2, 0) is 23.9 Å². The lowest BCUT2D eigenvalue weighted by Gasteiger charge is -2.35. The van der Waals surface area contributed by atoms with Gasteiger partial charge < -0.3 is 30.1 Å². The maximum absolute atomic E-state index is 13.7. The highest BCUT2D eigenvalue weighted by Gasteiger charge is 2.38. The number of ether oxygens (including phenoxy) is 2. The standard InChI is InChI=1S/C24H37N3O7/c1-8-13-27(22(31)19(15(2)3)26-23(32)34-24(4,5)6)20(16-11-9-10-12-17(16)28)21(30)25-14-18(29)33-7/h9-12,15,19-20,28H,8,13-14H2,1-7H3,(H,25,30)(H,26,32). The van der Waals surface area contributed by atoms with Gasteiger partial charge in [-0.1, -0.05) is 39.0 Å². The molecule has 0 saturated carbocycles. The van der Waals surface area contributed by atoms with E-state index in [1.165, 1.54) is 24.1 Å². The van der Waals surface area contributed by atoms with Crippen LogP contribution in [0.4, 0.5) is 4.79 Å². The second-order valence-electron chi connectivity index (χ2n) is 9.15. The van der Waals surface area contributed by atoms with E-state index >= 15 is 0 Å². The van der Waals surface area contributed by atoms with Gasteiger partial charge in [0.05, 0.1) is 7.11 Å². The molecule has 0 aromatic heterocycles. The summed E-state index contributed by atoms with van der Waals surface area (Å²) in [5.41, 5.74) is -0.573. The van der Waals surface area contributed by atoms with E-state index < -0.39 is 48.1 Å². The molecule has 3 N–H and O–H groups in total. The Labute approximate surface area is 201 Å². The molecule has 10 heteroatoms. The molecule has 0 bridgehead atoms. The molecule has 0 fully saturated rings. The van der Waals surface area contributed by atoms with Gasteiger partial charge in [0.15, 0.2) is 0 Å². The number of nitrogens with one attached hydrogen (secondary N) is 2. The normalized spacial score (nSPS) is 12.9. The molecule has 3 amide bonds. The number of hydrogen-bond donors (Lipinski definition) is 3. The minimum absolute atomic E-state index is 0.155. The molecule has 2 atom stereocenters. The molecule has 0 aliphatic heterocycles. The first-order chi connectivity index (χ1) is 15.8. The van der Waals surface area contributed by atoms with E-state index in [4.69, 9.17) is 4.74 Å². The Kier molecular flexibility index (Phi) is 10.8. The van der Waals surface area contributed by atoms with Crippen molar-refractivity contribution in [3.8, 4) is 5.75 Å². The summed E-state index contributed by atoms with van der Waals surface area (Å²) in [4.78, 5) is 52.2. The zero-order chi connectivity index (χ0) is 26.1. The predicted molar refractivity (Wildman–Crippen MR) is 126 cm³/mol. The van der Waals surface area contributed by atoms with E-state index in [1.54, 1.807) is 46.8 Å². The van der Waals surface area contributed by atoms with Crippen molar-refractivity contribution in [2.75, 3.05) is 20.2 Å². The fourth-order valence-electron chi connectivity index (χ4n) is 3.23. The Morgan fingerprint density at radius 3 is 2.24 bits per heavy atom. The highest BCUT2D eigenvalue weighted by atomic mass is 16.6. The number of alkyl carbamates (subject to hydrolysis) is 1. The Bertz CT molecular complexity index is 864. The number of para-hydroxylation sites is 1. The van der Waals surface area contributed by atoms with Crippen LogP contribution in [0.2, 0.25) is 0 Å². The zero-order valence-electron chi connectivity index (χ0n) is 21.0. The highest BCUT2D eigenvalue weighted by Crippen LogP contribution is 2.30. The van der Waals surface area contributed by atoms with E-state index in [-0.39, 0.29) is 23.8 Å². The Hall–Kier alpha value is -3.30. The van der Waals surface area contributed by atoms with Gasteiger partial charge in [0.1, 0.15) is 30.0 Å². The van der Waals surface area contributed by atoms with Crippen LogP contribution in [0.15, 0.2) is 24.3 Å². The summed E-state index contributed by atoms with van der Waals surface area (Å²) in [7, 11) is 1.19. The van der Waals surface area contributed by atoms with Crippen molar-refractivity contribution < 1.29 is 33.8 Å². The van der Waals surface area contributed by atoms with Gasteiger partial charge in [-0.05, 0) is 39.2 Å². The second kappa shape index (κ2) is 12.8. The minimum atomic E-state index is -1.25. The Morgan fingerprint density at radius 2 is 1.74 bits per heavy atom. The number of hydrogen-bond acceptors (Lipinski definition) is 7. The van der Waals surface area contributed by atoms with Crippen molar-refractivity contribution >= 4 is 23.9 Å². The van der Waals surface area contributed by atoms with Crippen molar-refractivity contribution in [1.29, 1.82) is 0 Å². The summed E-state index contributed by atoms with van der Waals surface area (Å²) in [6, 6.07) is 3.91. The van der Waals surface area contributed by atoms with Crippen molar-refractivity contribution in [1.82, 2.24) is 15.5 Å². The number of phenols is 1. The SMILES string of the molecule is CCCN(C(=O)C(NC(=O)OC(C)(C)C)C(C)C)C(C(=O)NCC(=O)OC)c1ccccc1O. The predicted octanol–water partition coefficient (Wildman–Crippen LogP) is 2.51. The van der Waals surface area contributed by atoms with Crippen LogP contribution in [0.5, 0.6) is 5.75 Å². The molecule has 34 heavy (non-hydrogen) atoms. The first kappa shape index (κ1) is 28.7. The van der Waals surface area contributed by atoms with Crippen LogP contribution in [-0.4, -0.2) is 65.7 Å². The smallest absolute Gasteiger partial charge is 0.408 e. The fraction of sp³-hybridized carbons (Fsp3) is 0.583. The highest BCUT2D eigenvalue weighted by molar-refractivity contribution is 5.93. The van der Waals surface area contributed by atoms with Crippen LogP contribution >= 0.6 is 0 Å². The van der Waals surface area contributed by atoms with Gasteiger partial charge >= 0.3 is 12.1 Å². The molecule has 0 aliphatic rings. The van der Waals surface area contributed by atoms with Gasteiger partial charge in [-0.2, -0.15) is 0 Å². The molecular formula is C24H37N3O7. The Balaban J connectivity index is 3.40. The van der Waals surface area contributed by atoms with Crippen molar-refractivity contribution in [2.45, 2.75) is 65.6 Å². The van der Waals surface area contributed by atoms with Crippen LogP contribution in [0.25, 0.3) is 0 Å². The van der Waals surface area contributed by atoms with Gasteiger partial charge in [0, 0.05) is 12.1 Å². The molecule has 2 unspecified atom stereocenters. The molecule has 10 nitrogen and oxygen atoms in total. The molecule has 0 heterocycles. The van der Waals surface area contributed by atoms with E-state index in [2.05, 4.69) is 15.4 Å².